The molecule has 2 rings (SSSR count). The fraction of sp³-hybridized carbons (Fsp3) is 0.167. The molecular formula is C12H9Cl3S. The summed E-state index contributed by atoms with van der Waals surface area (Å²) in [4.78, 5) is 1.25. The number of thiophene rings is 1. The van der Waals surface area contributed by atoms with Crippen LogP contribution in [0.3, 0.4) is 0 Å². The highest BCUT2D eigenvalue weighted by Gasteiger charge is 2.14. The van der Waals surface area contributed by atoms with E-state index in [2.05, 4.69) is 6.07 Å². The molecule has 0 saturated carbocycles. The Morgan fingerprint density at radius 3 is 2.62 bits per heavy atom. The predicted molar refractivity (Wildman–Crippen MR) is 73.1 cm³/mol. The Morgan fingerprint density at radius 1 is 1.12 bits per heavy atom. The molecule has 0 bridgehead atoms. The Balaban J connectivity index is 2.21. The van der Waals surface area contributed by atoms with Crippen LogP contribution >= 0.6 is 46.1 Å². The molecule has 1 heterocycles. The fourth-order valence-electron chi connectivity index (χ4n) is 1.48. The van der Waals surface area contributed by atoms with Gasteiger partial charge in [-0.1, -0.05) is 41.4 Å². The fourth-order valence-corrected chi connectivity index (χ4v) is 3.16. The highest BCUT2D eigenvalue weighted by molar-refractivity contribution is 7.09. The summed E-state index contributed by atoms with van der Waals surface area (Å²) in [6, 6.07) is 9.64. The third-order valence-electron chi connectivity index (χ3n) is 2.28. The van der Waals surface area contributed by atoms with Crippen molar-refractivity contribution >= 4 is 46.1 Å². The first-order chi connectivity index (χ1) is 7.68. The maximum atomic E-state index is 6.34. The van der Waals surface area contributed by atoms with Crippen LogP contribution in [0.15, 0.2) is 35.7 Å². The van der Waals surface area contributed by atoms with E-state index < -0.39 is 0 Å². The van der Waals surface area contributed by atoms with Gasteiger partial charge in [-0.2, -0.15) is 0 Å². The van der Waals surface area contributed by atoms with E-state index in [1.54, 1.807) is 17.4 Å². The summed E-state index contributed by atoms with van der Waals surface area (Å²) in [5, 5.41) is 3.01. The number of rotatable bonds is 3. The molecule has 0 aliphatic carbocycles. The Labute approximate surface area is 114 Å². The van der Waals surface area contributed by atoms with Gasteiger partial charge in [-0.05, 0) is 23.1 Å². The molecular weight excluding hydrogens is 283 g/mol. The zero-order valence-corrected chi connectivity index (χ0v) is 11.4. The van der Waals surface area contributed by atoms with E-state index in [1.165, 1.54) is 4.88 Å². The van der Waals surface area contributed by atoms with Gasteiger partial charge in [0.2, 0.25) is 0 Å². The lowest BCUT2D eigenvalue weighted by atomic mass is 10.1. The first-order valence-electron chi connectivity index (χ1n) is 4.79. The van der Waals surface area contributed by atoms with Crippen LogP contribution in [0.1, 0.15) is 15.8 Å². The average molecular weight is 292 g/mol. The van der Waals surface area contributed by atoms with Crippen molar-refractivity contribution in [2.24, 2.45) is 0 Å². The minimum Gasteiger partial charge on any atom is -0.149 e. The number of alkyl halides is 1. The highest BCUT2D eigenvalue weighted by Crippen LogP contribution is 2.35. The maximum Gasteiger partial charge on any atom is 0.0648 e. The van der Waals surface area contributed by atoms with Crippen LogP contribution in [0.5, 0.6) is 0 Å². The largest absolute Gasteiger partial charge is 0.149 e. The van der Waals surface area contributed by atoms with Gasteiger partial charge in [0.05, 0.1) is 15.4 Å². The molecule has 84 valence electrons. The molecule has 1 aromatic carbocycles. The Morgan fingerprint density at radius 2 is 1.94 bits per heavy atom. The first kappa shape index (κ1) is 12.3. The standard InChI is InChI=1S/C12H9Cl3S/c13-10-5-1-4-9(12(10)15)11(14)7-8-3-2-6-16-8/h1-6,11H,7H2. The molecule has 0 spiro atoms. The van der Waals surface area contributed by atoms with Crippen molar-refractivity contribution in [2.75, 3.05) is 0 Å². The molecule has 1 unspecified atom stereocenters. The number of benzene rings is 1. The van der Waals surface area contributed by atoms with E-state index in [0.717, 1.165) is 12.0 Å². The minimum atomic E-state index is -0.134. The summed E-state index contributed by atoms with van der Waals surface area (Å²) in [5.41, 5.74) is 0.893. The van der Waals surface area contributed by atoms with Gasteiger partial charge >= 0.3 is 0 Å². The van der Waals surface area contributed by atoms with Crippen molar-refractivity contribution in [3.05, 3.63) is 56.2 Å². The lowest BCUT2D eigenvalue weighted by Crippen LogP contribution is -1.95. The second-order valence-electron chi connectivity index (χ2n) is 3.39. The molecule has 0 nitrogen and oxygen atoms in total. The summed E-state index contributed by atoms with van der Waals surface area (Å²) < 4.78 is 0. The van der Waals surface area contributed by atoms with Crippen molar-refractivity contribution in [2.45, 2.75) is 11.8 Å². The van der Waals surface area contributed by atoms with Crippen molar-refractivity contribution in [3.63, 3.8) is 0 Å². The van der Waals surface area contributed by atoms with Crippen molar-refractivity contribution in [1.29, 1.82) is 0 Å². The molecule has 0 aliphatic rings. The molecule has 1 atom stereocenters. The molecule has 4 heteroatoms. The van der Waals surface area contributed by atoms with Crippen molar-refractivity contribution in [1.82, 2.24) is 0 Å². The topological polar surface area (TPSA) is 0 Å². The predicted octanol–water partition coefficient (Wildman–Crippen LogP) is 5.58. The van der Waals surface area contributed by atoms with Crippen LogP contribution in [0.2, 0.25) is 10.0 Å². The maximum absolute atomic E-state index is 6.34. The van der Waals surface area contributed by atoms with E-state index in [1.807, 2.05) is 23.6 Å². The lowest BCUT2D eigenvalue weighted by Gasteiger charge is -2.11. The van der Waals surface area contributed by atoms with E-state index in [9.17, 15) is 0 Å². The number of halogens is 3. The normalized spacial score (nSPS) is 12.7. The van der Waals surface area contributed by atoms with Crippen LogP contribution in [0.4, 0.5) is 0 Å². The Kier molecular flexibility index (Phi) is 4.15. The summed E-state index contributed by atoms with van der Waals surface area (Å²) in [7, 11) is 0. The quantitative estimate of drug-likeness (QED) is 0.648. The van der Waals surface area contributed by atoms with Gasteiger partial charge < -0.3 is 0 Å². The molecule has 0 saturated heterocycles. The monoisotopic (exact) mass is 290 g/mol. The van der Waals surface area contributed by atoms with Crippen molar-refractivity contribution in [3.8, 4) is 0 Å². The number of hydrogen-bond acceptors (Lipinski definition) is 1. The molecule has 0 aliphatic heterocycles. The average Bonchev–Trinajstić information content (AvgIpc) is 2.74. The summed E-state index contributed by atoms with van der Waals surface area (Å²) in [6.07, 6.45) is 0.777. The molecule has 16 heavy (non-hydrogen) atoms. The molecule has 1 aromatic heterocycles. The second kappa shape index (κ2) is 5.42. The van der Waals surface area contributed by atoms with E-state index in [-0.39, 0.29) is 5.38 Å². The van der Waals surface area contributed by atoms with Gasteiger partial charge in [0, 0.05) is 11.3 Å². The zero-order valence-electron chi connectivity index (χ0n) is 8.29. The third-order valence-corrected chi connectivity index (χ3v) is 4.40. The van der Waals surface area contributed by atoms with Crippen LogP contribution in [0, 0.1) is 0 Å². The first-order valence-corrected chi connectivity index (χ1v) is 6.86. The highest BCUT2D eigenvalue weighted by atomic mass is 35.5. The Hall–Kier alpha value is -0.210. The molecule has 0 amide bonds. The zero-order chi connectivity index (χ0) is 11.5. The van der Waals surface area contributed by atoms with Crippen LogP contribution in [-0.4, -0.2) is 0 Å². The van der Waals surface area contributed by atoms with E-state index in [0.29, 0.717) is 10.0 Å². The van der Waals surface area contributed by atoms with Gasteiger partial charge in [-0.25, -0.2) is 0 Å². The van der Waals surface area contributed by atoms with Gasteiger partial charge in [0.25, 0.3) is 0 Å². The second-order valence-corrected chi connectivity index (χ2v) is 5.74. The lowest BCUT2D eigenvalue weighted by molar-refractivity contribution is 0.938. The van der Waals surface area contributed by atoms with Gasteiger partial charge in [0.1, 0.15) is 0 Å². The van der Waals surface area contributed by atoms with Crippen LogP contribution in [0.25, 0.3) is 0 Å². The van der Waals surface area contributed by atoms with Gasteiger partial charge in [-0.15, -0.1) is 22.9 Å². The Bertz CT molecular complexity index is 465. The van der Waals surface area contributed by atoms with Gasteiger partial charge in [-0.3, -0.25) is 0 Å². The summed E-state index contributed by atoms with van der Waals surface area (Å²) >= 11 is 20.1. The molecule has 2 aromatic rings. The van der Waals surface area contributed by atoms with Crippen LogP contribution < -0.4 is 0 Å². The minimum absolute atomic E-state index is 0.134. The SMILES string of the molecule is Clc1cccc(C(Cl)Cc2cccs2)c1Cl. The molecule has 0 radical (unpaired) electrons. The summed E-state index contributed by atoms with van der Waals surface area (Å²) in [5.74, 6) is 0. The van der Waals surface area contributed by atoms with Crippen LogP contribution in [-0.2, 0) is 6.42 Å². The van der Waals surface area contributed by atoms with E-state index >= 15 is 0 Å². The molecule has 0 fully saturated rings. The van der Waals surface area contributed by atoms with Gasteiger partial charge in [0.15, 0.2) is 0 Å². The van der Waals surface area contributed by atoms with Crippen molar-refractivity contribution < 1.29 is 0 Å². The van der Waals surface area contributed by atoms with E-state index in [4.69, 9.17) is 34.8 Å². The smallest absolute Gasteiger partial charge is 0.0648 e. The molecule has 0 N–H and O–H groups in total. The number of hydrogen-bond donors (Lipinski definition) is 0. The third kappa shape index (κ3) is 2.72. The summed E-state index contributed by atoms with van der Waals surface area (Å²) in [6.45, 7) is 0.